The predicted octanol–water partition coefficient (Wildman–Crippen LogP) is -3.29. The molecular formula is C16H29NaO7. The van der Waals surface area contributed by atoms with Gasteiger partial charge in [-0.2, -0.15) is 0 Å². The molecule has 0 amide bonds. The maximum absolute atomic E-state index is 10.8. The van der Waals surface area contributed by atoms with E-state index in [0.717, 1.165) is 19.3 Å². The van der Waals surface area contributed by atoms with E-state index in [1.54, 1.807) is 0 Å². The molecule has 136 valence electrons. The van der Waals surface area contributed by atoms with Crippen LogP contribution in [0.2, 0.25) is 0 Å². The number of carbonyl (C=O) groups excluding carboxylic acids is 1. The second-order valence-electron chi connectivity index (χ2n) is 6.06. The van der Waals surface area contributed by atoms with Crippen molar-refractivity contribution in [1.82, 2.24) is 0 Å². The van der Waals surface area contributed by atoms with E-state index in [1.807, 2.05) is 0 Å². The molecule has 0 bridgehead atoms. The van der Waals surface area contributed by atoms with Crippen molar-refractivity contribution in [1.29, 1.82) is 0 Å². The Hall–Kier alpha value is 0.270. The Balaban J connectivity index is 0.00000529. The summed E-state index contributed by atoms with van der Waals surface area (Å²) in [4.78, 5) is 10.8. The van der Waals surface area contributed by atoms with Crippen LogP contribution >= 0.6 is 0 Å². The predicted molar refractivity (Wildman–Crippen MR) is 80.3 cm³/mol. The maximum Gasteiger partial charge on any atom is 1.00 e. The van der Waals surface area contributed by atoms with E-state index in [-0.39, 0.29) is 29.6 Å². The van der Waals surface area contributed by atoms with Crippen LogP contribution in [0.15, 0.2) is 0 Å². The Morgan fingerprint density at radius 1 is 0.958 bits per heavy atom. The van der Waals surface area contributed by atoms with Gasteiger partial charge in [-0.1, -0.05) is 51.9 Å². The summed E-state index contributed by atoms with van der Waals surface area (Å²) in [5.74, 6) is -1.65. The molecule has 0 spiro atoms. The van der Waals surface area contributed by atoms with Gasteiger partial charge >= 0.3 is 29.6 Å². The van der Waals surface area contributed by atoms with E-state index in [2.05, 4.69) is 6.92 Å². The summed E-state index contributed by atoms with van der Waals surface area (Å²) < 4.78 is 10.3. The molecule has 3 unspecified atom stereocenters. The average Bonchev–Trinajstić information content (AvgIpc) is 2.52. The van der Waals surface area contributed by atoms with Crippen molar-refractivity contribution < 1.29 is 64.3 Å². The van der Waals surface area contributed by atoms with Gasteiger partial charge in [-0.05, 0) is 6.42 Å². The van der Waals surface area contributed by atoms with E-state index in [9.17, 15) is 25.2 Å². The van der Waals surface area contributed by atoms with Gasteiger partial charge in [0.2, 0.25) is 0 Å². The van der Waals surface area contributed by atoms with Crippen LogP contribution in [-0.2, 0) is 14.3 Å². The Bertz CT molecular complexity index is 342. The number of hydrogen-bond acceptors (Lipinski definition) is 7. The Morgan fingerprint density at radius 3 is 2.04 bits per heavy atom. The van der Waals surface area contributed by atoms with E-state index in [1.165, 1.54) is 32.1 Å². The first-order chi connectivity index (χ1) is 11.0. The third-order valence-electron chi connectivity index (χ3n) is 4.08. The second-order valence-corrected chi connectivity index (χ2v) is 6.06. The van der Waals surface area contributed by atoms with Crippen LogP contribution in [0.5, 0.6) is 0 Å². The molecule has 7 nitrogen and oxygen atoms in total. The number of carboxylic acid groups (broad SMARTS) is 1. The van der Waals surface area contributed by atoms with E-state index in [0.29, 0.717) is 6.61 Å². The van der Waals surface area contributed by atoms with Crippen molar-refractivity contribution >= 4 is 5.97 Å². The molecule has 24 heavy (non-hydrogen) atoms. The largest absolute Gasteiger partial charge is 1.00 e. The molecular weight excluding hydrogens is 327 g/mol. The van der Waals surface area contributed by atoms with Crippen molar-refractivity contribution in [3.63, 3.8) is 0 Å². The van der Waals surface area contributed by atoms with Crippen molar-refractivity contribution in [3.05, 3.63) is 0 Å². The van der Waals surface area contributed by atoms with Gasteiger partial charge in [-0.3, -0.25) is 0 Å². The zero-order valence-electron chi connectivity index (χ0n) is 14.7. The summed E-state index contributed by atoms with van der Waals surface area (Å²) in [5.41, 5.74) is 0. The molecule has 0 aromatic carbocycles. The van der Waals surface area contributed by atoms with Gasteiger partial charge in [-0.15, -0.1) is 0 Å². The molecule has 5 atom stereocenters. The van der Waals surface area contributed by atoms with E-state index in [4.69, 9.17) is 9.47 Å². The van der Waals surface area contributed by atoms with Gasteiger partial charge in [0.1, 0.15) is 24.4 Å². The van der Waals surface area contributed by atoms with Gasteiger partial charge < -0.3 is 34.7 Å². The fourth-order valence-electron chi connectivity index (χ4n) is 2.62. The van der Waals surface area contributed by atoms with Gasteiger partial charge in [0, 0.05) is 6.61 Å². The van der Waals surface area contributed by atoms with Crippen LogP contribution in [0.1, 0.15) is 58.3 Å². The minimum absolute atomic E-state index is 0. The number of rotatable bonds is 11. The van der Waals surface area contributed by atoms with Crippen LogP contribution in [0.25, 0.3) is 0 Å². The van der Waals surface area contributed by atoms with Crippen molar-refractivity contribution in [2.75, 3.05) is 6.61 Å². The van der Waals surface area contributed by atoms with Crippen LogP contribution in [0, 0.1) is 0 Å². The number of unbranched alkanes of at least 4 members (excludes halogenated alkanes) is 7. The van der Waals surface area contributed by atoms with Crippen LogP contribution < -0.4 is 34.7 Å². The summed E-state index contributed by atoms with van der Waals surface area (Å²) in [6.45, 7) is 2.47. The smallest absolute Gasteiger partial charge is 0.547 e. The normalized spacial score (nSPS) is 29.9. The molecule has 1 aliphatic rings. The summed E-state index contributed by atoms with van der Waals surface area (Å²) in [6.07, 6.45) is 1.15. The molecule has 3 N–H and O–H groups in total. The second kappa shape index (κ2) is 13.5. The minimum atomic E-state index is -1.74. The maximum atomic E-state index is 10.8. The molecule has 1 rings (SSSR count). The molecule has 8 heteroatoms. The fraction of sp³-hybridized carbons (Fsp3) is 0.938. The Morgan fingerprint density at radius 2 is 1.50 bits per heavy atom. The number of aliphatic carboxylic acids is 1. The van der Waals surface area contributed by atoms with Crippen LogP contribution in [0.4, 0.5) is 0 Å². The topological polar surface area (TPSA) is 119 Å². The molecule has 1 saturated heterocycles. The Labute approximate surface area is 165 Å². The summed E-state index contributed by atoms with van der Waals surface area (Å²) in [6, 6.07) is 0. The number of carbonyl (C=O) groups is 1. The number of carboxylic acids is 1. The Kier molecular flexibility index (Phi) is 13.6. The molecule has 0 aromatic heterocycles. The quantitative estimate of drug-likeness (QED) is 0.262. The first-order valence-electron chi connectivity index (χ1n) is 8.51. The number of ether oxygens (including phenoxy) is 2. The molecule has 1 heterocycles. The van der Waals surface area contributed by atoms with Crippen LogP contribution in [0.3, 0.4) is 0 Å². The van der Waals surface area contributed by atoms with Gasteiger partial charge in [0.25, 0.3) is 0 Å². The standard InChI is InChI=1S/C16H30O7.Na/c1-2-3-4-5-6-7-8-9-10-22-16-13(19)11(17)12(18)14(23-16)15(20)21;/h11-14,16-19H,2-10H2,1H3,(H,20,21);/q;+1/p-1/t11?,12-,13?,14?,16-;/m1./s1. The van der Waals surface area contributed by atoms with Crippen molar-refractivity contribution in [2.45, 2.75) is 89.0 Å². The zero-order chi connectivity index (χ0) is 17.2. The van der Waals surface area contributed by atoms with E-state index < -0.39 is 36.7 Å². The molecule has 0 radical (unpaired) electrons. The zero-order valence-corrected chi connectivity index (χ0v) is 16.7. The van der Waals surface area contributed by atoms with Gasteiger partial charge in [-0.25, -0.2) is 0 Å². The van der Waals surface area contributed by atoms with Gasteiger partial charge in [0.15, 0.2) is 6.29 Å². The van der Waals surface area contributed by atoms with E-state index >= 15 is 0 Å². The van der Waals surface area contributed by atoms with Crippen LogP contribution in [-0.4, -0.2) is 58.6 Å². The van der Waals surface area contributed by atoms with Gasteiger partial charge in [0.05, 0.1) is 5.97 Å². The molecule has 0 saturated carbocycles. The fourth-order valence-corrected chi connectivity index (χ4v) is 2.62. The SMILES string of the molecule is CCCCCCCCCCO[C@@H]1OC(C(=O)[O-])[C@H](O)C(O)C1O.[Na+]. The minimum Gasteiger partial charge on any atom is -0.547 e. The number of hydrogen-bond donors (Lipinski definition) is 3. The molecule has 1 aliphatic heterocycles. The monoisotopic (exact) mass is 356 g/mol. The molecule has 1 fully saturated rings. The molecule has 0 aromatic rings. The number of aliphatic hydroxyl groups is 3. The third-order valence-corrected chi connectivity index (χ3v) is 4.08. The first kappa shape index (κ1) is 24.3. The average molecular weight is 356 g/mol. The van der Waals surface area contributed by atoms with Crippen molar-refractivity contribution in [3.8, 4) is 0 Å². The first-order valence-corrected chi connectivity index (χ1v) is 8.51. The van der Waals surface area contributed by atoms with Crippen molar-refractivity contribution in [2.24, 2.45) is 0 Å². The summed E-state index contributed by atoms with van der Waals surface area (Å²) >= 11 is 0. The molecule has 0 aliphatic carbocycles. The summed E-state index contributed by atoms with van der Waals surface area (Å²) in [7, 11) is 0. The third kappa shape index (κ3) is 8.10. The number of aliphatic hydroxyl groups excluding tert-OH is 3. The summed E-state index contributed by atoms with van der Waals surface area (Å²) in [5, 5.41) is 39.7.